The minimum atomic E-state index is -0.0968. The maximum Gasteiger partial charge on any atom is 0.262 e. The second kappa shape index (κ2) is 7.90. The zero-order valence-corrected chi connectivity index (χ0v) is 15.8. The summed E-state index contributed by atoms with van der Waals surface area (Å²) in [5.74, 6) is 1.75. The van der Waals surface area contributed by atoms with Gasteiger partial charge in [0.05, 0.1) is 30.8 Å². The molecule has 1 aromatic heterocycles. The maximum atomic E-state index is 12.7. The summed E-state index contributed by atoms with van der Waals surface area (Å²) in [5, 5.41) is 4.99. The van der Waals surface area contributed by atoms with Gasteiger partial charge in [0.1, 0.15) is 11.5 Å². The van der Waals surface area contributed by atoms with E-state index in [0.29, 0.717) is 40.6 Å². The minimum absolute atomic E-state index is 0.0968. The van der Waals surface area contributed by atoms with Crippen LogP contribution >= 0.6 is 0 Å². The molecule has 0 unspecified atom stereocenters. The van der Waals surface area contributed by atoms with E-state index in [1.807, 2.05) is 44.2 Å². The molecule has 0 aliphatic heterocycles. The van der Waals surface area contributed by atoms with Gasteiger partial charge in [0.25, 0.3) is 5.56 Å². The molecule has 27 heavy (non-hydrogen) atoms. The molecule has 0 saturated carbocycles. The molecule has 2 aromatic carbocycles. The fraction of sp³-hybridized carbons (Fsp3) is 0.250. The molecule has 7 heteroatoms. The number of aromatic nitrogens is 2. The molecule has 0 radical (unpaired) electrons. The number of para-hydroxylation sites is 1. The Balaban J connectivity index is 1.99. The van der Waals surface area contributed by atoms with Crippen LogP contribution in [0, 0.1) is 0 Å². The predicted molar refractivity (Wildman–Crippen MR) is 107 cm³/mol. The molecule has 0 fully saturated rings. The van der Waals surface area contributed by atoms with Gasteiger partial charge >= 0.3 is 0 Å². The Bertz CT molecular complexity index is 1060. The standard InChI is InChI=1S/C20H22N4O3/c1-5-24-19(25)16-8-6-7-9-17(16)21-20(24)23-22-13(2)15-11-10-14(26-3)12-18(15)27-4/h6-12H,5H2,1-4H3,(H,21,23)/b22-13-. The lowest BCUT2D eigenvalue weighted by atomic mass is 10.1. The topological polar surface area (TPSA) is 77.7 Å². The van der Waals surface area contributed by atoms with Gasteiger partial charge < -0.3 is 9.47 Å². The van der Waals surface area contributed by atoms with Crippen LogP contribution < -0.4 is 20.5 Å². The molecule has 0 atom stereocenters. The number of rotatable bonds is 6. The average molecular weight is 366 g/mol. The van der Waals surface area contributed by atoms with Crippen molar-refractivity contribution >= 4 is 22.6 Å². The van der Waals surface area contributed by atoms with Gasteiger partial charge in [-0.1, -0.05) is 12.1 Å². The number of benzene rings is 2. The van der Waals surface area contributed by atoms with E-state index >= 15 is 0 Å². The summed E-state index contributed by atoms with van der Waals surface area (Å²) >= 11 is 0. The van der Waals surface area contributed by atoms with Crippen molar-refractivity contribution in [2.24, 2.45) is 5.10 Å². The highest BCUT2D eigenvalue weighted by molar-refractivity contribution is 6.01. The Labute approximate surface area is 157 Å². The Morgan fingerprint density at radius 1 is 1.19 bits per heavy atom. The average Bonchev–Trinajstić information content (AvgIpc) is 2.71. The predicted octanol–water partition coefficient (Wildman–Crippen LogP) is 3.27. The summed E-state index contributed by atoms with van der Waals surface area (Å²) in [4.78, 5) is 17.2. The Hall–Kier alpha value is -3.35. The summed E-state index contributed by atoms with van der Waals surface area (Å²) in [6.45, 7) is 4.23. The highest BCUT2D eigenvalue weighted by Crippen LogP contribution is 2.25. The van der Waals surface area contributed by atoms with Crippen LogP contribution in [0.5, 0.6) is 11.5 Å². The first-order valence-corrected chi connectivity index (χ1v) is 8.61. The number of ether oxygens (including phenoxy) is 2. The van der Waals surface area contributed by atoms with Crippen LogP contribution in [0.1, 0.15) is 19.4 Å². The Kier molecular flexibility index (Phi) is 5.40. The van der Waals surface area contributed by atoms with E-state index in [1.54, 1.807) is 30.9 Å². The molecule has 7 nitrogen and oxygen atoms in total. The zero-order chi connectivity index (χ0) is 19.4. The van der Waals surface area contributed by atoms with Crippen molar-refractivity contribution in [1.82, 2.24) is 9.55 Å². The molecule has 0 amide bonds. The Morgan fingerprint density at radius 3 is 2.67 bits per heavy atom. The van der Waals surface area contributed by atoms with Crippen LogP contribution in [0.4, 0.5) is 5.95 Å². The first kappa shape index (κ1) is 18.4. The van der Waals surface area contributed by atoms with Crippen molar-refractivity contribution in [2.75, 3.05) is 19.6 Å². The third-order valence-corrected chi connectivity index (χ3v) is 4.30. The zero-order valence-electron chi connectivity index (χ0n) is 15.8. The van der Waals surface area contributed by atoms with Crippen molar-refractivity contribution in [2.45, 2.75) is 20.4 Å². The molecular weight excluding hydrogens is 344 g/mol. The van der Waals surface area contributed by atoms with E-state index in [-0.39, 0.29) is 5.56 Å². The van der Waals surface area contributed by atoms with Crippen molar-refractivity contribution in [3.8, 4) is 11.5 Å². The van der Waals surface area contributed by atoms with Crippen LogP contribution in [-0.4, -0.2) is 29.5 Å². The largest absolute Gasteiger partial charge is 0.497 e. The normalized spacial score (nSPS) is 11.5. The monoisotopic (exact) mass is 366 g/mol. The third-order valence-electron chi connectivity index (χ3n) is 4.30. The van der Waals surface area contributed by atoms with Crippen LogP contribution in [-0.2, 0) is 6.54 Å². The minimum Gasteiger partial charge on any atom is -0.497 e. The first-order valence-electron chi connectivity index (χ1n) is 8.61. The summed E-state index contributed by atoms with van der Waals surface area (Å²) in [6, 6.07) is 12.8. The molecule has 0 saturated heterocycles. The lowest BCUT2D eigenvalue weighted by Gasteiger charge is -2.13. The number of fused-ring (bicyclic) bond motifs is 1. The molecule has 3 rings (SSSR count). The number of hydrogen-bond donors (Lipinski definition) is 1. The summed E-state index contributed by atoms with van der Waals surface area (Å²) in [5.41, 5.74) is 4.97. The molecule has 0 spiro atoms. The van der Waals surface area contributed by atoms with Gasteiger partial charge in [-0.25, -0.2) is 10.4 Å². The van der Waals surface area contributed by atoms with E-state index < -0.39 is 0 Å². The van der Waals surface area contributed by atoms with E-state index in [1.165, 1.54) is 0 Å². The lowest BCUT2D eigenvalue weighted by molar-refractivity contribution is 0.394. The van der Waals surface area contributed by atoms with Crippen molar-refractivity contribution in [1.29, 1.82) is 0 Å². The van der Waals surface area contributed by atoms with Crippen LogP contribution in [0.15, 0.2) is 52.4 Å². The highest BCUT2D eigenvalue weighted by atomic mass is 16.5. The van der Waals surface area contributed by atoms with Gasteiger partial charge in [0.2, 0.25) is 5.95 Å². The SMILES string of the molecule is CCn1c(N/N=C(/C)c2ccc(OC)cc2OC)nc2ccccc2c1=O. The van der Waals surface area contributed by atoms with E-state index in [0.717, 1.165) is 5.56 Å². The second-order valence-corrected chi connectivity index (χ2v) is 5.88. The molecule has 0 bridgehead atoms. The van der Waals surface area contributed by atoms with Gasteiger partial charge in [-0.2, -0.15) is 5.10 Å². The van der Waals surface area contributed by atoms with Crippen LogP contribution in [0.3, 0.4) is 0 Å². The fourth-order valence-corrected chi connectivity index (χ4v) is 2.84. The van der Waals surface area contributed by atoms with Gasteiger partial charge in [0, 0.05) is 18.2 Å². The summed E-state index contributed by atoms with van der Waals surface area (Å²) < 4.78 is 12.2. The molecule has 3 aromatic rings. The van der Waals surface area contributed by atoms with Crippen molar-refractivity contribution < 1.29 is 9.47 Å². The number of nitrogens with zero attached hydrogens (tertiary/aromatic N) is 3. The first-order chi connectivity index (χ1) is 13.1. The number of anilines is 1. The van der Waals surface area contributed by atoms with Crippen molar-refractivity contribution in [3.63, 3.8) is 0 Å². The van der Waals surface area contributed by atoms with E-state index in [4.69, 9.17) is 9.47 Å². The maximum absolute atomic E-state index is 12.7. The highest BCUT2D eigenvalue weighted by Gasteiger charge is 2.11. The number of methoxy groups -OCH3 is 2. The van der Waals surface area contributed by atoms with Gasteiger partial charge in [0.15, 0.2) is 0 Å². The van der Waals surface area contributed by atoms with Gasteiger partial charge in [-0.3, -0.25) is 9.36 Å². The van der Waals surface area contributed by atoms with E-state index in [9.17, 15) is 4.79 Å². The number of nitrogens with one attached hydrogen (secondary N) is 1. The third kappa shape index (κ3) is 3.62. The van der Waals surface area contributed by atoms with Crippen LogP contribution in [0.2, 0.25) is 0 Å². The summed E-state index contributed by atoms with van der Waals surface area (Å²) in [7, 11) is 3.20. The molecule has 1 N–H and O–H groups in total. The Morgan fingerprint density at radius 2 is 1.96 bits per heavy atom. The molecule has 1 heterocycles. The molecule has 140 valence electrons. The lowest BCUT2D eigenvalue weighted by Crippen LogP contribution is -2.23. The molecule has 0 aliphatic rings. The molecule has 0 aliphatic carbocycles. The summed E-state index contributed by atoms with van der Waals surface area (Å²) in [6.07, 6.45) is 0. The number of hydrazone groups is 1. The smallest absolute Gasteiger partial charge is 0.262 e. The van der Waals surface area contributed by atoms with Crippen LogP contribution in [0.25, 0.3) is 10.9 Å². The quantitative estimate of drug-likeness (QED) is 0.535. The second-order valence-electron chi connectivity index (χ2n) is 5.88. The van der Waals surface area contributed by atoms with E-state index in [2.05, 4.69) is 15.5 Å². The van der Waals surface area contributed by atoms with Gasteiger partial charge in [-0.15, -0.1) is 0 Å². The fourth-order valence-electron chi connectivity index (χ4n) is 2.84. The molecular formula is C20H22N4O3. The van der Waals surface area contributed by atoms with Gasteiger partial charge in [-0.05, 0) is 38.1 Å². The number of hydrogen-bond acceptors (Lipinski definition) is 6. The van der Waals surface area contributed by atoms with Crippen molar-refractivity contribution in [3.05, 3.63) is 58.4 Å².